The summed E-state index contributed by atoms with van der Waals surface area (Å²) in [5.41, 5.74) is 0.570. The molecule has 1 atom stereocenters. The molecule has 210 valence electrons. The molecule has 2 aromatic rings. The molecule has 0 spiro atoms. The minimum absolute atomic E-state index is 0.0773. The zero-order valence-electron chi connectivity index (χ0n) is 20.0. The van der Waals surface area contributed by atoms with E-state index in [1.165, 1.54) is 24.3 Å². The highest BCUT2D eigenvalue weighted by Gasteiger charge is 2.31. The zero-order valence-corrected chi connectivity index (χ0v) is 20.0. The third kappa shape index (κ3) is 12.9. The van der Waals surface area contributed by atoms with Gasteiger partial charge in [-0.3, -0.25) is 0 Å². The first-order valence-electron chi connectivity index (χ1n) is 10.9. The molecule has 1 saturated heterocycles. The topological polar surface area (TPSA) is 164 Å². The molecule has 1 aliphatic rings. The van der Waals surface area contributed by atoms with Crippen LogP contribution in [0.1, 0.15) is 12.0 Å². The number of hydrogen-bond acceptors (Lipinski definition) is 6. The number of carboxylic acid groups (broad SMARTS) is 4. The molecule has 5 N–H and O–H groups in total. The lowest BCUT2D eigenvalue weighted by Gasteiger charge is -2.31. The monoisotopic (exact) mass is 556 g/mol. The molecule has 0 amide bonds. The van der Waals surface area contributed by atoms with Crippen molar-refractivity contribution in [2.75, 3.05) is 18.0 Å². The number of nitrogens with one attached hydrogen (secondary N) is 1. The summed E-state index contributed by atoms with van der Waals surface area (Å²) in [6.45, 7) is 1.54. The van der Waals surface area contributed by atoms with Crippen LogP contribution in [0.3, 0.4) is 0 Å². The molecule has 2 aromatic carbocycles. The maximum Gasteiger partial charge on any atom is 0.416 e. The average Bonchev–Trinajstić information content (AvgIpc) is 3.37. The van der Waals surface area contributed by atoms with Crippen LogP contribution in [0, 0.1) is 5.82 Å². The van der Waals surface area contributed by atoms with Crippen molar-refractivity contribution in [3.8, 4) is 0 Å². The second kappa shape index (κ2) is 15.5. The second-order valence-corrected chi connectivity index (χ2v) is 7.56. The minimum atomic E-state index is -4.36. The van der Waals surface area contributed by atoms with Crippen molar-refractivity contribution in [3.05, 3.63) is 84.2 Å². The maximum atomic E-state index is 13.6. The smallest absolute Gasteiger partial charge is 0.416 e. The van der Waals surface area contributed by atoms with Gasteiger partial charge in [0.05, 0.1) is 5.56 Å². The molecular formula is C25H24F4N2O8. The summed E-state index contributed by atoms with van der Waals surface area (Å²) in [5.74, 6) is -5.40. The Morgan fingerprint density at radius 3 is 1.64 bits per heavy atom. The van der Waals surface area contributed by atoms with Crippen molar-refractivity contribution in [2.24, 2.45) is 0 Å². The standard InChI is InChI=1S/C17H16F4N2.2C4H4O4/c18-13-2-1-3-15(10-13)23(16-8-9-22-11-16)14-6-4-12(5-7-14)17(19,20)21;2*5-3(6)1-2-4(7)8/h1-7,10,16,22H,8-9,11H2;2*1-2H,(H,5,6)(H,7,8). The van der Waals surface area contributed by atoms with Gasteiger partial charge >= 0.3 is 30.1 Å². The van der Waals surface area contributed by atoms with Gasteiger partial charge < -0.3 is 30.6 Å². The minimum Gasteiger partial charge on any atom is -0.478 e. The highest BCUT2D eigenvalue weighted by Crippen LogP contribution is 2.34. The van der Waals surface area contributed by atoms with Gasteiger partial charge in [-0.25, -0.2) is 23.6 Å². The van der Waals surface area contributed by atoms with Crippen LogP contribution in [-0.4, -0.2) is 63.4 Å². The van der Waals surface area contributed by atoms with Crippen LogP contribution in [0.25, 0.3) is 0 Å². The highest BCUT2D eigenvalue weighted by molar-refractivity contribution is 5.90. The van der Waals surface area contributed by atoms with Crippen LogP contribution < -0.4 is 10.2 Å². The SMILES string of the molecule is Fc1cccc(N(c2ccc(C(F)(F)F)cc2)C2CCNC2)c1.O=C(O)C=CC(=O)O.O=C(O)C=CC(=O)O. The van der Waals surface area contributed by atoms with Gasteiger partial charge in [0.2, 0.25) is 0 Å². The van der Waals surface area contributed by atoms with E-state index in [0.717, 1.165) is 25.1 Å². The maximum absolute atomic E-state index is 13.6. The summed E-state index contributed by atoms with van der Waals surface area (Å²) >= 11 is 0. The normalized spacial score (nSPS) is 14.6. The molecule has 0 saturated carbocycles. The zero-order chi connectivity index (χ0) is 29.6. The van der Waals surface area contributed by atoms with E-state index in [9.17, 15) is 36.7 Å². The van der Waals surface area contributed by atoms with Crippen LogP contribution in [0.5, 0.6) is 0 Å². The largest absolute Gasteiger partial charge is 0.478 e. The van der Waals surface area contributed by atoms with E-state index >= 15 is 0 Å². The van der Waals surface area contributed by atoms with Crippen molar-refractivity contribution >= 4 is 35.3 Å². The summed E-state index contributed by atoms with van der Waals surface area (Å²) in [4.78, 5) is 40.1. The Balaban J connectivity index is 0.000000393. The van der Waals surface area contributed by atoms with E-state index in [4.69, 9.17) is 20.4 Å². The summed E-state index contributed by atoms with van der Waals surface area (Å²) in [6.07, 6.45) is -1.29. The third-order valence-corrected chi connectivity index (χ3v) is 4.70. The molecule has 0 bridgehead atoms. The van der Waals surface area contributed by atoms with Gasteiger partial charge in [-0.1, -0.05) is 6.07 Å². The first-order valence-corrected chi connectivity index (χ1v) is 10.9. The number of aliphatic carboxylic acids is 4. The van der Waals surface area contributed by atoms with Crippen molar-refractivity contribution in [3.63, 3.8) is 0 Å². The Kier molecular flexibility index (Phi) is 12.9. The summed E-state index contributed by atoms with van der Waals surface area (Å²) in [5, 5.41) is 34.5. The lowest BCUT2D eigenvalue weighted by atomic mass is 10.1. The van der Waals surface area contributed by atoms with E-state index in [1.54, 1.807) is 12.1 Å². The molecule has 1 unspecified atom stereocenters. The van der Waals surface area contributed by atoms with Gasteiger partial charge in [-0.05, 0) is 55.4 Å². The first kappa shape index (κ1) is 32.3. The van der Waals surface area contributed by atoms with Crippen molar-refractivity contribution in [1.29, 1.82) is 0 Å². The van der Waals surface area contributed by atoms with Crippen molar-refractivity contribution in [1.82, 2.24) is 5.32 Å². The van der Waals surface area contributed by atoms with E-state index in [0.29, 0.717) is 42.2 Å². The summed E-state index contributed by atoms with van der Waals surface area (Å²) in [6, 6.07) is 11.2. The third-order valence-electron chi connectivity index (χ3n) is 4.70. The number of alkyl halides is 3. The Labute approximate surface area is 219 Å². The molecule has 1 fully saturated rings. The summed E-state index contributed by atoms with van der Waals surface area (Å²) in [7, 11) is 0. The van der Waals surface area contributed by atoms with Crippen LogP contribution in [0.15, 0.2) is 72.8 Å². The molecule has 39 heavy (non-hydrogen) atoms. The van der Waals surface area contributed by atoms with Gasteiger partial charge in [-0.2, -0.15) is 13.2 Å². The van der Waals surface area contributed by atoms with E-state index in [-0.39, 0.29) is 11.9 Å². The number of carboxylic acids is 4. The fourth-order valence-electron chi connectivity index (χ4n) is 3.15. The predicted molar refractivity (Wildman–Crippen MR) is 130 cm³/mol. The van der Waals surface area contributed by atoms with Gasteiger partial charge in [0, 0.05) is 48.3 Å². The molecule has 1 heterocycles. The molecule has 10 nitrogen and oxygen atoms in total. The Morgan fingerprint density at radius 2 is 1.28 bits per heavy atom. The number of hydrogen-bond donors (Lipinski definition) is 5. The van der Waals surface area contributed by atoms with Crippen LogP contribution in [0.4, 0.5) is 28.9 Å². The molecule has 0 aliphatic carbocycles. The van der Waals surface area contributed by atoms with Gasteiger partial charge in [0.1, 0.15) is 5.82 Å². The fraction of sp³-hybridized carbons (Fsp3) is 0.200. The van der Waals surface area contributed by atoms with Crippen LogP contribution in [-0.2, 0) is 25.4 Å². The number of carbonyl (C=O) groups is 4. The van der Waals surface area contributed by atoms with Crippen molar-refractivity contribution in [2.45, 2.75) is 18.6 Å². The number of halogens is 4. The predicted octanol–water partition coefficient (Wildman–Crippen LogP) is 3.77. The Morgan fingerprint density at radius 1 is 0.795 bits per heavy atom. The van der Waals surface area contributed by atoms with Crippen LogP contribution >= 0.6 is 0 Å². The first-order chi connectivity index (χ1) is 18.2. The Bertz CT molecular complexity index is 1130. The lowest BCUT2D eigenvalue weighted by Crippen LogP contribution is -2.33. The molecule has 14 heteroatoms. The van der Waals surface area contributed by atoms with E-state index in [1.807, 2.05) is 4.90 Å². The number of benzene rings is 2. The quantitative estimate of drug-likeness (QED) is 0.250. The lowest BCUT2D eigenvalue weighted by molar-refractivity contribution is -0.137. The summed E-state index contributed by atoms with van der Waals surface area (Å²) < 4.78 is 51.7. The molecule has 1 aliphatic heterocycles. The van der Waals surface area contributed by atoms with E-state index in [2.05, 4.69) is 5.32 Å². The molecule has 0 aromatic heterocycles. The van der Waals surface area contributed by atoms with Gasteiger partial charge in [-0.15, -0.1) is 0 Å². The molecule has 0 radical (unpaired) electrons. The van der Waals surface area contributed by atoms with Gasteiger partial charge in [0.15, 0.2) is 0 Å². The number of nitrogens with zero attached hydrogens (tertiary/aromatic N) is 1. The second-order valence-electron chi connectivity index (χ2n) is 7.56. The average molecular weight is 556 g/mol. The van der Waals surface area contributed by atoms with Gasteiger partial charge in [0.25, 0.3) is 0 Å². The molecular weight excluding hydrogens is 532 g/mol. The molecule has 3 rings (SSSR count). The number of anilines is 2. The Hall–Kier alpha value is -4.72. The van der Waals surface area contributed by atoms with Crippen LogP contribution in [0.2, 0.25) is 0 Å². The highest BCUT2D eigenvalue weighted by atomic mass is 19.4. The fourth-order valence-corrected chi connectivity index (χ4v) is 3.15. The van der Waals surface area contributed by atoms with E-state index < -0.39 is 35.6 Å². The van der Waals surface area contributed by atoms with Crippen molar-refractivity contribution < 1.29 is 57.2 Å². The number of rotatable bonds is 7.